The molecule has 0 saturated heterocycles. The van der Waals surface area contributed by atoms with Crippen LogP contribution < -0.4 is 15.8 Å². The van der Waals surface area contributed by atoms with Crippen LogP contribution in [0.1, 0.15) is 35.7 Å². The summed E-state index contributed by atoms with van der Waals surface area (Å²) in [5.74, 6) is 0.108. The fourth-order valence-corrected chi connectivity index (χ4v) is 3.91. The van der Waals surface area contributed by atoms with E-state index in [1.54, 1.807) is 29.0 Å². The minimum Gasteiger partial charge on any atom is -0.492 e. The lowest BCUT2D eigenvalue weighted by Crippen LogP contribution is -2.24. The molecule has 4 rings (SSSR count). The second-order valence-electron chi connectivity index (χ2n) is 8.98. The Bertz CT molecular complexity index is 1370. The van der Waals surface area contributed by atoms with Gasteiger partial charge in [0.2, 0.25) is 0 Å². The minimum atomic E-state index is -0.463. The lowest BCUT2D eigenvalue weighted by Gasteiger charge is -2.11. The number of carbonyl (C=O) groups excluding carboxylic acids is 1. The molecule has 188 valence electrons. The van der Waals surface area contributed by atoms with Crippen molar-refractivity contribution in [3.05, 3.63) is 82.5 Å². The number of benzene rings is 2. The summed E-state index contributed by atoms with van der Waals surface area (Å²) in [6.07, 6.45) is 3.53. The third-order valence-electron chi connectivity index (χ3n) is 5.78. The van der Waals surface area contributed by atoms with Crippen LogP contribution in [0.25, 0.3) is 22.4 Å². The van der Waals surface area contributed by atoms with E-state index in [1.807, 2.05) is 57.4 Å². The number of hydrogen-bond donors (Lipinski definition) is 1. The average molecular weight is 489 g/mol. The van der Waals surface area contributed by atoms with Gasteiger partial charge < -0.3 is 19.4 Å². The summed E-state index contributed by atoms with van der Waals surface area (Å²) in [7, 11) is 4.08. The van der Waals surface area contributed by atoms with Crippen molar-refractivity contribution in [3.8, 4) is 17.0 Å². The summed E-state index contributed by atoms with van der Waals surface area (Å²) in [5.41, 5.74) is 4.20. The molecule has 8 heteroatoms. The molecule has 1 amide bonds. The number of carbonyl (C=O) groups is 1. The molecule has 8 nitrogen and oxygen atoms in total. The molecular formula is C28H32N4O4. The third-order valence-corrected chi connectivity index (χ3v) is 5.78. The second kappa shape index (κ2) is 11.7. The zero-order chi connectivity index (χ0) is 25.5. The number of nitrogens with zero attached hydrogens (tertiary/aromatic N) is 3. The number of aromatic nitrogens is 2. The summed E-state index contributed by atoms with van der Waals surface area (Å²) in [6, 6.07) is 16.8. The smallest absolute Gasteiger partial charge is 0.420 e. The molecule has 0 spiro atoms. The van der Waals surface area contributed by atoms with Gasteiger partial charge in [-0.2, -0.15) is 0 Å². The maximum atomic E-state index is 12.6. The summed E-state index contributed by atoms with van der Waals surface area (Å²) < 4.78 is 12.7. The Morgan fingerprint density at radius 1 is 1.14 bits per heavy atom. The van der Waals surface area contributed by atoms with Crippen LogP contribution in [0, 0.1) is 0 Å². The van der Waals surface area contributed by atoms with Gasteiger partial charge in [0.15, 0.2) is 5.58 Å². The van der Waals surface area contributed by atoms with Gasteiger partial charge in [-0.05, 0) is 68.9 Å². The Kier molecular flexibility index (Phi) is 8.17. The first kappa shape index (κ1) is 25.2. The van der Waals surface area contributed by atoms with E-state index in [9.17, 15) is 9.59 Å². The molecule has 0 radical (unpaired) electrons. The van der Waals surface area contributed by atoms with Crippen molar-refractivity contribution in [2.45, 2.75) is 26.3 Å². The largest absolute Gasteiger partial charge is 0.492 e. The van der Waals surface area contributed by atoms with E-state index in [-0.39, 0.29) is 5.91 Å². The highest BCUT2D eigenvalue weighted by Gasteiger charge is 2.14. The number of oxazole rings is 1. The van der Waals surface area contributed by atoms with Gasteiger partial charge in [-0.3, -0.25) is 14.3 Å². The molecule has 2 aromatic carbocycles. The molecule has 2 heterocycles. The number of hydrogen-bond acceptors (Lipinski definition) is 6. The predicted molar refractivity (Wildman–Crippen MR) is 141 cm³/mol. The minimum absolute atomic E-state index is 0.169. The molecule has 0 aliphatic rings. The molecule has 4 aromatic rings. The Morgan fingerprint density at radius 3 is 2.75 bits per heavy atom. The fraction of sp³-hybridized carbons (Fsp3) is 0.321. The topological polar surface area (TPSA) is 89.6 Å². The van der Waals surface area contributed by atoms with E-state index < -0.39 is 5.76 Å². The Labute approximate surface area is 210 Å². The Hall–Kier alpha value is -3.91. The standard InChI is InChI=1S/C28H32N4O4/c1-4-13-29-27(33)22-9-12-26-25(17-22)32(28(34)36-26)19-20-7-5-8-21(16-20)24-11-10-23(18-30-24)35-15-6-14-31(2)3/h5,7-12,16-18H,4,6,13-15,19H2,1-3H3,(H,29,33). The number of fused-ring (bicyclic) bond motifs is 1. The van der Waals surface area contributed by atoms with Crippen molar-refractivity contribution in [2.75, 3.05) is 33.8 Å². The van der Waals surface area contributed by atoms with Gasteiger partial charge in [0.1, 0.15) is 5.75 Å². The van der Waals surface area contributed by atoms with Crippen molar-refractivity contribution in [1.82, 2.24) is 19.8 Å². The average Bonchev–Trinajstić information content (AvgIpc) is 3.19. The van der Waals surface area contributed by atoms with Crippen LogP contribution in [0.5, 0.6) is 5.75 Å². The zero-order valence-electron chi connectivity index (χ0n) is 21.0. The first-order valence-electron chi connectivity index (χ1n) is 12.2. The monoisotopic (exact) mass is 488 g/mol. The van der Waals surface area contributed by atoms with Crippen LogP contribution in [0.15, 0.2) is 70.0 Å². The molecule has 0 aliphatic carbocycles. The highest BCUT2D eigenvalue weighted by molar-refractivity contribution is 5.97. The molecule has 2 aromatic heterocycles. The Balaban J connectivity index is 1.51. The maximum Gasteiger partial charge on any atom is 0.420 e. The normalized spacial score (nSPS) is 11.2. The SMILES string of the molecule is CCCNC(=O)c1ccc2oc(=O)n(Cc3cccc(-c4ccc(OCCCN(C)C)cn4)c3)c2c1. The van der Waals surface area contributed by atoms with Gasteiger partial charge in [0.05, 0.1) is 30.6 Å². The highest BCUT2D eigenvalue weighted by atomic mass is 16.5. The Morgan fingerprint density at radius 2 is 2.00 bits per heavy atom. The fourth-order valence-electron chi connectivity index (χ4n) is 3.91. The molecule has 0 aliphatic heterocycles. The summed E-state index contributed by atoms with van der Waals surface area (Å²) >= 11 is 0. The van der Waals surface area contributed by atoms with Crippen LogP contribution in [0.4, 0.5) is 0 Å². The molecule has 0 bridgehead atoms. The van der Waals surface area contributed by atoms with Crippen molar-refractivity contribution in [2.24, 2.45) is 0 Å². The van der Waals surface area contributed by atoms with E-state index in [4.69, 9.17) is 9.15 Å². The molecule has 0 saturated carbocycles. The number of ether oxygens (including phenoxy) is 1. The van der Waals surface area contributed by atoms with Crippen molar-refractivity contribution in [3.63, 3.8) is 0 Å². The lowest BCUT2D eigenvalue weighted by molar-refractivity contribution is 0.0953. The van der Waals surface area contributed by atoms with E-state index in [0.717, 1.165) is 42.0 Å². The lowest BCUT2D eigenvalue weighted by atomic mass is 10.1. The molecule has 0 fully saturated rings. The number of rotatable bonds is 11. The van der Waals surface area contributed by atoms with Gasteiger partial charge in [0.25, 0.3) is 5.91 Å². The van der Waals surface area contributed by atoms with Gasteiger partial charge >= 0.3 is 5.76 Å². The van der Waals surface area contributed by atoms with Gasteiger partial charge in [-0.1, -0.05) is 25.1 Å². The van der Waals surface area contributed by atoms with Crippen LogP contribution in [0.3, 0.4) is 0 Å². The zero-order valence-corrected chi connectivity index (χ0v) is 21.0. The van der Waals surface area contributed by atoms with E-state index in [0.29, 0.717) is 36.4 Å². The molecule has 1 N–H and O–H groups in total. The van der Waals surface area contributed by atoms with Crippen molar-refractivity contribution in [1.29, 1.82) is 0 Å². The van der Waals surface area contributed by atoms with Crippen LogP contribution >= 0.6 is 0 Å². The summed E-state index contributed by atoms with van der Waals surface area (Å²) in [5, 5.41) is 2.86. The van der Waals surface area contributed by atoms with E-state index in [2.05, 4.69) is 15.2 Å². The second-order valence-corrected chi connectivity index (χ2v) is 8.98. The predicted octanol–water partition coefficient (Wildman–Crippen LogP) is 4.18. The third kappa shape index (κ3) is 6.20. The van der Waals surface area contributed by atoms with Gasteiger partial charge in [-0.25, -0.2) is 4.79 Å². The first-order chi connectivity index (χ1) is 17.4. The van der Waals surface area contributed by atoms with Crippen LogP contribution in [-0.4, -0.2) is 54.1 Å². The number of pyridine rings is 1. The molecule has 0 unspecified atom stereocenters. The van der Waals surface area contributed by atoms with Crippen LogP contribution in [0.2, 0.25) is 0 Å². The molecule has 36 heavy (non-hydrogen) atoms. The number of amides is 1. The molecular weight excluding hydrogens is 456 g/mol. The van der Waals surface area contributed by atoms with Crippen LogP contribution in [-0.2, 0) is 6.54 Å². The summed E-state index contributed by atoms with van der Waals surface area (Å²) in [4.78, 5) is 31.7. The first-order valence-corrected chi connectivity index (χ1v) is 12.2. The van der Waals surface area contributed by atoms with Crippen molar-refractivity contribution < 1.29 is 13.9 Å². The van der Waals surface area contributed by atoms with E-state index >= 15 is 0 Å². The van der Waals surface area contributed by atoms with E-state index in [1.165, 1.54) is 0 Å². The highest BCUT2D eigenvalue weighted by Crippen LogP contribution is 2.22. The maximum absolute atomic E-state index is 12.6. The summed E-state index contributed by atoms with van der Waals surface area (Å²) in [6.45, 7) is 4.52. The quantitative estimate of drug-likeness (QED) is 0.319. The van der Waals surface area contributed by atoms with Crippen molar-refractivity contribution >= 4 is 17.0 Å². The molecule has 0 atom stereocenters. The van der Waals surface area contributed by atoms with Gasteiger partial charge in [0, 0.05) is 24.2 Å². The van der Waals surface area contributed by atoms with Gasteiger partial charge in [-0.15, -0.1) is 0 Å². The number of nitrogens with one attached hydrogen (secondary N) is 1.